The van der Waals surface area contributed by atoms with E-state index in [1.54, 1.807) is 4.90 Å². The van der Waals surface area contributed by atoms with Crippen LogP contribution in [0.1, 0.15) is 18.6 Å². The van der Waals surface area contributed by atoms with Gasteiger partial charge in [-0.1, -0.05) is 18.2 Å². The average molecular weight is 288 g/mol. The van der Waals surface area contributed by atoms with Crippen molar-refractivity contribution in [2.45, 2.75) is 25.4 Å². The van der Waals surface area contributed by atoms with E-state index in [4.69, 9.17) is 9.15 Å². The molecule has 0 unspecified atom stereocenters. The molecule has 1 saturated heterocycles. The molecule has 0 bridgehead atoms. The van der Waals surface area contributed by atoms with Gasteiger partial charge in [-0.2, -0.15) is 0 Å². The van der Waals surface area contributed by atoms with E-state index in [1.165, 1.54) is 7.11 Å². The van der Waals surface area contributed by atoms with Crippen LogP contribution in [0.4, 0.5) is 4.79 Å². The number of rotatable bonds is 3. The minimum Gasteiger partial charge on any atom is -0.460 e. The molecule has 5 nitrogen and oxygen atoms in total. The number of amides is 1. The van der Waals surface area contributed by atoms with Gasteiger partial charge in [-0.3, -0.25) is 0 Å². The maximum Gasteiger partial charge on any atom is 0.409 e. The fourth-order valence-electron chi connectivity index (χ4n) is 2.76. The van der Waals surface area contributed by atoms with E-state index in [2.05, 4.69) is 17.4 Å². The van der Waals surface area contributed by atoms with Crippen molar-refractivity contribution in [2.75, 3.05) is 20.2 Å². The summed E-state index contributed by atoms with van der Waals surface area (Å²) in [5.74, 6) is 0.951. The van der Waals surface area contributed by atoms with Crippen molar-refractivity contribution in [1.82, 2.24) is 10.2 Å². The third-order valence-electron chi connectivity index (χ3n) is 3.97. The molecule has 0 spiro atoms. The summed E-state index contributed by atoms with van der Waals surface area (Å²) in [7, 11) is 1.42. The van der Waals surface area contributed by atoms with Gasteiger partial charge in [-0.25, -0.2) is 4.79 Å². The second-order valence-corrected chi connectivity index (χ2v) is 5.36. The van der Waals surface area contributed by atoms with Crippen LogP contribution >= 0.6 is 0 Å². The molecule has 0 saturated carbocycles. The lowest BCUT2D eigenvalue weighted by atomic mass is 10.1. The van der Waals surface area contributed by atoms with Crippen molar-refractivity contribution in [3.05, 3.63) is 36.1 Å². The number of para-hydroxylation sites is 1. The van der Waals surface area contributed by atoms with Crippen molar-refractivity contribution in [3.8, 4) is 0 Å². The Labute approximate surface area is 123 Å². The van der Waals surface area contributed by atoms with Crippen LogP contribution in [-0.4, -0.2) is 37.2 Å². The first kappa shape index (κ1) is 13.9. The maximum atomic E-state index is 11.4. The molecule has 0 atom stereocenters. The summed E-state index contributed by atoms with van der Waals surface area (Å²) >= 11 is 0. The predicted octanol–water partition coefficient (Wildman–Crippen LogP) is 2.75. The van der Waals surface area contributed by atoms with Crippen LogP contribution in [0.2, 0.25) is 0 Å². The highest BCUT2D eigenvalue weighted by molar-refractivity contribution is 5.77. The Kier molecular flexibility index (Phi) is 4.10. The van der Waals surface area contributed by atoms with Crippen molar-refractivity contribution >= 4 is 17.1 Å². The quantitative estimate of drug-likeness (QED) is 0.943. The number of piperidine rings is 1. The molecular weight excluding hydrogens is 268 g/mol. The average Bonchev–Trinajstić information content (AvgIpc) is 2.95. The topological polar surface area (TPSA) is 54.7 Å². The Balaban J connectivity index is 1.51. The van der Waals surface area contributed by atoms with Gasteiger partial charge in [0.15, 0.2) is 0 Å². The maximum absolute atomic E-state index is 11.4. The van der Waals surface area contributed by atoms with E-state index >= 15 is 0 Å². The SMILES string of the molecule is COC(=O)N1CCC(NCc2cc3ccccc3o2)CC1. The van der Waals surface area contributed by atoms with E-state index in [0.29, 0.717) is 6.04 Å². The molecule has 1 aliphatic heterocycles. The zero-order chi connectivity index (χ0) is 14.7. The van der Waals surface area contributed by atoms with Crippen LogP contribution in [-0.2, 0) is 11.3 Å². The highest BCUT2D eigenvalue weighted by Gasteiger charge is 2.22. The molecule has 2 aromatic rings. The number of nitrogens with zero attached hydrogens (tertiary/aromatic N) is 1. The molecule has 1 aromatic carbocycles. The normalized spacial score (nSPS) is 16.3. The fraction of sp³-hybridized carbons (Fsp3) is 0.438. The zero-order valence-corrected chi connectivity index (χ0v) is 12.2. The summed E-state index contributed by atoms with van der Waals surface area (Å²) in [6.45, 7) is 2.20. The molecule has 112 valence electrons. The summed E-state index contributed by atoms with van der Waals surface area (Å²) in [6.07, 6.45) is 1.65. The summed E-state index contributed by atoms with van der Waals surface area (Å²) in [4.78, 5) is 13.2. The predicted molar refractivity (Wildman–Crippen MR) is 80.1 cm³/mol. The molecule has 0 radical (unpaired) electrons. The Bertz CT molecular complexity index is 582. The number of furan rings is 1. The molecule has 1 fully saturated rings. The van der Waals surface area contributed by atoms with Gasteiger partial charge < -0.3 is 19.4 Å². The monoisotopic (exact) mass is 288 g/mol. The number of nitrogens with one attached hydrogen (secondary N) is 1. The number of benzene rings is 1. The van der Waals surface area contributed by atoms with Crippen molar-refractivity contribution in [1.29, 1.82) is 0 Å². The number of carbonyl (C=O) groups is 1. The third-order valence-corrected chi connectivity index (χ3v) is 3.97. The minimum absolute atomic E-state index is 0.231. The fourth-order valence-corrected chi connectivity index (χ4v) is 2.76. The molecule has 1 N–H and O–H groups in total. The Morgan fingerprint density at radius 3 is 2.86 bits per heavy atom. The van der Waals surface area contributed by atoms with Gasteiger partial charge in [0, 0.05) is 24.5 Å². The largest absolute Gasteiger partial charge is 0.460 e. The molecule has 0 aliphatic carbocycles. The molecule has 1 amide bonds. The van der Waals surface area contributed by atoms with E-state index in [-0.39, 0.29) is 6.09 Å². The molecule has 3 rings (SSSR count). The second kappa shape index (κ2) is 6.18. The first-order valence-electron chi connectivity index (χ1n) is 7.30. The number of hydrogen-bond acceptors (Lipinski definition) is 4. The highest BCUT2D eigenvalue weighted by atomic mass is 16.5. The summed E-state index contributed by atoms with van der Waals surface area (Å²) < 4.78 is 10.5. The number of likely N-dealkylation sites (tertiary alicyclic amines) is 1. The van der Waals surface area contributed by atoms with Gasteiger partial charge in [0.25, 0.3) is 0 Å². The number of ether oxygens (including phenoxy) is 1. The van der Waals surface area contributed by atoms with Crippen LogP contribution in [0.3, 0.4) is 0 Å². The molecular formula is C16H20N2O3. The number of carbonyl (C=O) groups excluding carboxylic acids is 1. The van der Waals surface area contributed by atoms with Gasteiger partial charge >= 0.3 is 6.09 Å². The lowest BCUT2D eigenvalue weighted by Gasteiger charge is -2.31. The lowest BCUT2D eigenvalue weighted by molar-refractivity contribution is 0.109. The number of hydrogen-bond donors (Lipinski definition) is 1. The molecule has 5 heteroatoms. The summed E-state index contributed by atoms with van der Waals surface area (Å²) in [5.41, 5.74) is 0.926. The van der Waals surface area contributed by atoms with Crippen LogP contribution in [0.15, 0.2) is 34.7 Å². The number of fused-ring (bicyclic) bond motifs is 1. The zero-order valence-electron chi connectivity index (χ0n) is 12.2. The van der Waals surface area contributed by atoms with E-state index in [0.717, 1.165) is 49.2 Å². The van der Waals surface area contributed by atoms with Gasteiger partial charge in [0.2, 0.25) is 0 Å². The third kappa shape index (κ3) is 3.19. The molecule has 1 aliphatic rings. The Hall–Kier alpha value is -2.01. The highest BCUT2D eigenvalue weighted by Crippen LogP contribution is 2.19. The van der Waals surface area contributed by atoms with Gasteiger partial charge in [-0.05, 0) is 25.0 Å². The van der Waals surface area contributed by atoms with Crippen LogP contribution in [0.5, 0.6) is 0 Å². The second-order valence-electron chi connectivity index (χ2n) is 5.36. The first-order valence-corrected chi connectivity index (χ1v) is 7.30. The van der Waals surface area contributed by atoms with Crippen molar-refractivity contribution in [2.24, 2.45) is 0 Å². The van der Waals surface area contributed by atoms with E-state index in [9.17, 15) is 4.79 Å². The smallest absolute Gasteiger partial charge is 0.409 e. The Morgan fingerprint density at radius 2 is 2.14 bits per heavy atom. The van der Waals surface area contributed by atoms with Crippen LogP contribution in [0.25, 0.3) is 11.0 Å². The standard InChI is InChI=1S/C16H20N2O3/c1-20-16(19)18-8-6-13(7-9-18)17-11-14-10-12-4-2-3-5-15(12)21-14/h2-5,10,13,17H,6-9,11H2,1H3. The first-order chi connectivity index (χ1) is 10.3. The number of methoxy groups -OCH3 is 1. The minimum atomic E-state index is -0.231. The van der Waals surface area contributed by atoms with Gasteiger partial charge in [-0.15, -0.1) is 0 Å². The summed E-state index contributed by atoms with van der Waals surface area (Å²) in [6, 6.07) is 10.5. The Morgan fingerprint density at radius 1 is 1.38 bits per heavy atom. The summed E-state index contributed by atoms with van der Waals surface area (Å²) in [5, 5.41) is 4.64. The molecule has 21 heavy (non-hydrogen) atoms. The van der Waals surface area contributed by atoms with E-state index < -0.39 is 0 Å². The van der Waals surface area contributed by atoms with Gasteiger partial charge in [0.1, 0.15) is 11.3 Å². The van der Waals surface area contributed by atoms with Crippen molar-refractivity contribution in [3.63, 3.8) is 0 Å². The van der Waals surface area contributed by atoms with Crippen molar-refractivity contribution < 1.29 is 13.9 Å². The van der Waals surface area contributed by atoms with E-state index in [1.807, 2.05) is 18.2 Å². The molecule has 1 aromatic heterocycles. The van der Waals surface area contributed by atoms with Crippen LogP contribution in [0, 0.1) is 0 Å². The lowest BCUT2D eigenvalue weighted by Crippen LogP contribution is -2.44. The van der Waals surface area contributed by atoms with Crippen LogP contribution < -0.4 is 5.32 Å². The molecule has 2 heterocycles. The van der Waals surface area contributed by atoms with Gasteiger partial charge in [0.05, 0.1) is 13.7 Å².